The predicted octanol–water partition coefficient (Wildman–Crippen LogP) is 3.19. The normalized spacial score (nSPS) is 17.9. The van der Waals surface area contributed by atoms with Crippen molar-refractivity contribution in [1.82, 2.24) is 0 Å². The van der Waals surface area contributed by atoms with Gasteiger partial charge >= 0.3 is 0 Å². The van der Waals surface area contributed by atoms with Gasteiger partial charge in [-0.2, -0.15) is 0 Å². The third-order valence-corrected chi connectivity index (χ3v) is 6.22. The van der Waals surface area contributed by atoms with Crippen molar-refractivity contribution < 1.29 is 13.5 Å². The molecule has 5 heteroatoms. The highest BCUT2D eigenvalue weighted by atomic mass is 32.2. The van der Waals surface area contributed by atoms with Crippen LogP contribution in [-0.2, 0) is 16.4 Å². The lowest BCUT2D eigenvalue weighted by Gasteiger charge is -2.34. The van der Waals surface area contributed by atoms with E-state index >= 15 is 0 Å². The molecule has 0 aliphatic carbocycles. The minimum absolute atomic E-state index is 0.289. The second kappa shape index (κ2) is 5.98. The van der Waals surface area contributed by atoms with Gasteiger partial charge in [-0.1, -0.05) is 37.3 Å². The van der Waals surface area contributed by atoms with E-state index < -0.39 is 16.1 Å². The van der Waals surface area contributed by atoms with Gasteiger partial charge in [-0.05, 0) is 43.0 Å². The maximum Gasteiger partial charge on any atom is 0.264 e. The summed E-state index contributed by atoms with van der Waals surface area (Å²) in [6.45, 7) is 4.20. The average molecular weight is 331 g/mol. The Labute approximate surface area is 137 Å². The van der Waals surface area contributed by atoms with Crippen LogP contribution in [0.3, 0.4) is 0 Å². The molecule has 2 aromatic carbocycles. The van der Waals surface area contributed by atoms with Crippen LogP contribution in [0.2, 0.25) is 0 Å². The van der Waals surface area contributed by atoms with Crippen LogP contribution in [0.5, 0.6) is 0 Å². The molecule has 1 N–H and O–H groups in total. The molecule has 0 radical (unpaired) electrons. The van der Waals surface area contributed by atoms with Crippen molar-refractivity contribution in [1.29, 1.82) is 0 Å². The fraction of sp³-hybridized carbons (Fsp3) is 0.333. The summed E-state index contributed by atoms with van der Waals surface area (Å²) < 4.78 is 27.5. The van der Waals surface area contributed by atoms with Gasteiger partial charge in [0.05, 0.1) is 16.7 Å². The second-order valence-electron chi connectivity index (χ2n) is 5.89. The van der Waals surface area contributed by atoms with Crippen LogP contribution in [0.15, 0.2) is 47.4 Å². The number of hydrogen-bond donors (Lipinski definition) is 1. The molecule has 0 saturated heterocycles. The standard InChI is InChI=1S/C18H21NO3S/c1-3-14-7-9-15(10-8-14)23(21,22)19-12-11-17(20)16-6-4-5-13(2)18(16)19/h4-10,17,20H,3,11-12H2,1-2H3. The minimum Gasteiger partial charge on any atom is -0.388 e. The second-order valence-corrected chi connectivity index (χ2v) is 7.75. The number of fused-ring (bicyclic) bond motifs is 1. The van der Waals surface area contributed by atoms with Gasteiger partial charge in [-0.15, -0.1) is 0 Å². The van der Waals surface area contributed by atoms with Crippen molar-refractivity contribution in [3.8, 4) is 0 Å². The van der Waals surface area contributed by atoms with E-state index in [-0.39, 0.29) is 6.54 Å². The predicted molar refractivity (Wildman–Crippen MR) is 91.1 cm³/mol. The summed E-state index contributed by atoms with van der Waals surface area (Å²) in [5.74, 6) is 0. The van der Waals surface area contributed by atoms with E-state index in [9.17, 15) is 13.5 Å². The zero-order valence-corrected chi connectivity index (χ0v) is 14.2. The van der Waals surface area contributed by atoms with Crippen molar-refractivity contribution in [3.63, 3.8) is 0 Å². The monoisotopic (exact) mass is 331 g/mol. The van der Waals surface area contributed by atoms with Gasteiger partial charge in [0.1, 0.15) is 0 Å². The Balaban J connectivity index is 2.09. The van der Waals surface area contributed by atoms with Crippen molar-refractivity contribution in [2.45, 2.75) is 37.7 Å². The maximum atomic E-state index is 13.1. The molecule has 23 heavy (non-hydrogen) atoms. The molecule has 122 valence electrons. The number of benzene rings is 2. The van der Waals surface area contributed by atoms with Crippen molar-refractivity contribution in [2.75, 3.05) is 10.8 Å². The highest BCUT2D eigenvalue weighted by molar-refractivity contribution is 7.92. The summed E-state index contributed by atoms with van der Waals surface area (Å²) in [6, 6.07) is 12.6. The number of aliphatic hydroxyl groups excluding tert-OH is 1. The van der Waals surface area contributed by atoms with E-state index in [1.54, 1.807) is 18.2 Å². The Morgan fingerprint density at radius 1 is 1.17 bits per heavy atom. The van der Waals surface area contributed by atoms with Crippen LogP contribution in [-0.4, -0.2) is 20.1 Å². The summed E-state index contributed by atoms with van der Waals surface area (Å²) in [5, 5.41) is 10.2. The molecular weight excluding hydrogens is 310 g/mol. The summed E-state index contributed by atoms with van der Waals surface area (Å²) in [4.78, 5) is 0.292. The van der Waals surface area contributed by atoms with Crippen molar-refractivity contribution in [3.05, 3.63) is 59.2 Å². The molecule has 1 atom stereocenters. The molecule has 4 nitrogen and oxygen atoms in total. The van der Waals surface area contributed by atoms with E-state index in [1.165, 1.54) is 4.31 Å². The third kappa shape index (κ3) is 2.75. The molecule has 1 aliphatic heterocycles. The first-order valence-electron chi connectivity index (χ1n) is 7.84. The number of para-hydroxylation sites is 1. The Kier molecular flexibility index (Phi) is 4.17. The first-order chi connectivity index (χ1) is 10.9. The summed E-state index contributed by atoms with van der Waals surface area (Å²) in [7, 11) is -3.62. The summed E-state index contributed by atoms with van der Waals surface area (Å²) in [5.41, 5.74) is 3.26. The molecule has 0 amide bonds. The van der Waals surface area contributed by atoms with E-state index in [0.29, 0.717) is 22.6 Å². The molecule has 0 aromatic heterocycles. The number of nitrogens with zero attached hydrogens (tertiary/aromatic N) is 1. The summed E-state index contributed by atoms with van der Waals surface area (Å²) >= 11 is 0. The van der Waals surface area contributed by atoms with Crippen LogP contribution >= 0.6 is 0 Å². The van der Waals surface area contributed by atoms with E-state index in [1.807, 2.05) is 38.1 Å². The summed E-state index contributed by atoms with van der Waals surface area (Å²) in [6.07, 6.45) is 0.666. The third-order valence-electron chi connectivity index (χ3n) is 4.40. The minimum atomic E-state index is -3.62. The van der Waals surface area contributed by atoms with Crippen molar-refractivity contribution in [2.24, 2.45) is 0 Å². The van der Waals surface area contributed by atoms with E-state index in [2.05, 4.69) is 0 Å². The highest BCUT2D eigenvalue weighted by Gasteiger charge is 2.33. The zero-order chi connectivity index (χ0) is 16.6. The van der Waals surface area contributed by atoms with Crippen LogP contribution in [0.25, 0.3) is 0 Å². The van der Waals surface area contributed by atoms with Crippen LogP contribution in [0.4, 0.5) is 5.69 Å². The first kappa shape index (κ1) is 16.0. The number of aryl methyl sites for hydroxylation is 2. The fourth-order valence-electron chi connectivity index (χ4n) is 3.06. The molecule has 1 aliphatic rings. The largest absolute Gasteiger partial charge is 0.388 e. The molecule has 0 spiro atoms. The smallest absolute Gasteiger partial charge is 0.264 e. The Hall–Kier alpha value is -1.85. The van der Waals surface area contributed by atoms with Crippen molar-refractivity contribution >= 4 is 15.7 Å². The molecule has 2 aromatic rings. The topological polar surface area (TPSA) is 57.6 Å². The number of sulfonamides is 1. The van der Waals surface area contributed by atoms with Gasteiger partial charge in [0.15, 0.2) is 0 Å². The number of anilines is 1. The molecule has 0 fully saturated rings. The van der Waals surface area contributed by atoms with Gasteiger partial charge in [0.25, 0.3) is 10.0 Å². The quantitative estimate of drug-likeness (QED) is 0.940. The van der Waals surface area contributed by atoms with Gasteiger partial charge in [-0.25, -0.2) is 8.42 Å². The molecule has 3 rings (SSSR count). The molecular formula is C18H21NO3S. The lowest BCUT2D eigenvalue weighted by molar-refractivity contribution is 0.166. The van der Waals surface area contributed by atoms with Crippen LogP contribution < -0.4 is 4.31 Å². The Bertz CT molecular complexity index is 813. The van der Waals surface area contributed by atoms with E-state index in [4.69, 9.17) is 0 Å². The SMILES string of the molecule is CCc1ccc(S(=O)(=O)N2CCC(O)c3cccc(C)c32)cc1. The lowest BCUT2D eigenvalue weighted by Crippen LogP contribution is -2.37. The number of hydrogen-bond acceptors (Lipinski definition) is 3. The molecule has 1 heterocycles. The van der Waals surface area contributed by atoms with Gasteiger partial charge in [0.2, 0.25) is 0 Å². The van der Waals surface area contributed by atoms with Gasteiger partial charge < -0.3 is 5.11 Å². The van der Waals surface area contributed by atoms with Gasteiger partial charge in [0, 0.05) is 12.1 Å². The molecule has 0 saturated carbocycles. The Morgan fingerprint density at radius 2 is 1.87 bits per heavy atom. The first-order valence-corrected chi connectivity index (χ1v) is 9.28. The van der Waals surface area contributed by atoms with Crippen LogP contribution in [0, 0.1) is 6.92 Å². The zero-order valence-electron chi connectivity index (χ0n) is 13.4. The molecule has 1 unspecified atom stereocenters. The average Bonchev–Trinajstić information content (AvgIpc) is 2.56. The number of aliphatic hydroxyl groups is 1. The Morgan fingerprint density at radius 3 is 2.52 bits per heavy atom. The molecule has 0 bridgehead atoms. The fourth-order valence-corrected chi connectivity index (χ4v) is 4.63. The maximum absolute atomic E-state index is 13.1. The van der Waals surface area contributed by atoms with Crippen LogP contribution in [0.1, 0.15) is 36.1 Å². The van der Waals surface area contributed by atoms with E-state index in [0.717, 1.165) is 17.5 Å². The van der Waals surface area contributed by atoms with Gasteiger partial charge in [-0.3, -0.25) is 4.31 Å². The highest BCUT2D eigenvalue weighted by Crippen LogP contribution is 2.39. The lowest BCUT2D eigenvalue weighted by atomic mass is 9.98. The number of rotatable bonds is 3.